The Morgan fingerprint density at radius 2 is 1.89 bits per heavy atom. The summed E-state index contributed by atoms with van der Waals surface area (Å²) >= 11 is 1.71. The Balaban J connectivity index is 1.51. The Kier molecular flexibility index (Phi) is 3.83. The highest BCUT2D eigenvalue weighted by Crippen LogP contribution is 2.34. The minimum atomic E-state index is 0.899. The summed E-state index contributed by atoms with van der Waals surface area (Å²) in [6.45, 7) is 0. The maximum absolute atomic E-state index is 4.79. The van der Waals surface area contributed by atoms with Gasteiger partial charge in [-0.2, -0.15) is 5.10 Å². The number of aromatic nitrogens is 5. The minimum Gasteiger partial charge on any atom is -0.345 e. The number of hydrogen-bond acceptors (Lipinski definition) is 4. The summed E-state index contributed by atoms with van der Waals surface area (Å²) in [6.07, 6.45) is 10.5. The normalized spacial score (nSPS) is 11.3. The number of hydrogen-bond donors (Lipinski definition) is 1. The van der Waals surface area contributed by atoms with Gasteiger partial charge in [0, 0.05) is 54.9 Å². The smallest absolute Gasteiger partial charge is 0.149 e. The molecule has 5 aromatic rings. The zero-order valence-electron chi connectivity index (χ0n) is 14.8. The first-order valence-electron chi connectivity index (χ1n) is 8.71. The van der Waals surface area contributed by atoms with Crippen molar-refractivity contribution in [2.45, 2.75) is 6.42 Å². The second-order valence-electron chi connectivity index (χ2n) is 6.54. The first kappa shape index (κ1) is 16.0. The Bertz CT molecular complexity index is 1220. The molecule has 0 bridgehead atoms. The molecule has 5 nitrogen and oxygen atoms in total. The fraction of sp³-hybridized carbons (Fsp3) is 0.0952. The highest BCUT2D eigenvalue weighted by Gasteiger charge is 2.13. The zero-order valence-corrected chi connectivity index (χ0v) is 15.6. The molecule has 6 heteroatoms. The van der Waals surface area contributed by atoms with Crippen LogP contribution in [0, 0.1) is 0 Å². The third-order valence-corrected chi connectivity index (χ3v) is 5.74. The van der Waals surface area contributed by atoms with Crippen molar-refractivity contribution < 1.29 is 0 Å². The Morgan fingerprint density at radius 3 is 2.70 bits per heavy atom. The van der Waals surface area contributed by atoms with Crippen molar-refractivity contribution >= 4 is 21.7 Å². The molecule has 0 radical (unpaired) electrons. The maximum Gasteiger partial charge on any atom is 0.149 e. The van der Waals surface area contributed by atoms with E-state index in [0.717, 1.165) is 33.8 Å². The third kappa shape index (κ3) is 3.04. The van der Waals surface area contributed by atoms with Gasteiger partial charge in [-0.1, -0.05) is 30.3 Å². The first-order valence-corrected chi connectivity index (χ1v) is 9.53. The van der Waals surface area contributed by atoms with Crippen LogP contribution in [-0.2, 0) is 13.5 Å². The molecule has 1 aromatic carbocycles. The van der Waals surface area contributed by atoms with Gasteiger partial charge in [-0.25, -0.2) is 4.98 Å². The van der Waals surface area contributed by atoms with Crippen LogP contribution in [0.15, 0.2) is 67.4 Å². The van der Waals surface area contributed by atoms with E-state index < -0.39 is 0 Å². The minimum absolute atomic E-state index is 0.899. The molecule has 0 spiro atoms. The van der Waals surface area contributed by atoms with Crippen molar-refractivity contribution in [2.24, 2.45) is 7.05 Å². The molecular weight excluding hydrogens is 354 g/mol. The first-order chi connectivity index (χ1) is 13.3. The van der Waals surface area contributed by atoms with Crippen LogP contribution < -0.4 is 0 Å². The van der Waals surface area contributed by atoms with Crippen molar-refractivity contribution in [1.82, 2.24) is 24.7 Å². The number of thiazole rings is 1. The molecule has 0 atom stereocenters. The largest absolute Gasteiger partial charge is 0.345 e. The zero-order chi connectivity index (χ0) is 18.2. The lowest BCUT2D eigenvalue weighted by Crippen LogP contribution is -1.85. The lowest BCUT2D eigenvalue weighted by atomic mass is 10.1. The van der Waals surface area contributed by atoms with Crippen LogP contribution in [-0.4, -0.2) is 24.7 Å². The SMILES string of the molecule is Cn1cc(-c2cncc(-c3nc4[nH]cc(Cc5ccccc5)c4s3)c2)cn1. The fourth-order valence-corrected chi connectivity index (χ4v) is 4.24. The van der Waals surface area contributed by atoms with E-state index in [0.29, 0.717) is 0 Å². The Hall–Kier alpha value is -3.25. The summed E-state index contributed by atoms with van der Waals surface area (Å²) in [5, 5.41) is 5.22. The Labute approximate surface area is 160 Å². The van der Waals surface area contributed by atoms with Gasteiger partial charge in [0.25, 0.3) is 0 Å². The third-order valence-electron chi connectivity index (χ3n) is 4.56. The van der Waals surface area contributed by atoms with E-state index in [-0.39, 0.29) is 0 Å². The van der Waals surface area contributed by atoms with E-state index in [9.17, 15) is 0 Å². The second-order valence-corrected chi connectivity index (χ2v) is 7.54. The van der Waals surface area contributed by atoms with Gasteiger partial charge < -0.3 is 4.98 Å². The number of aryl methyl sites for hydroxylation is 1. The highest BCUT2D eigenvalue weighted by molar-refractivity contribution is 7.21. The van der Waals surface area contributed by atoms with Crippen molar-refractivity contribution in [2.75, 3.05) is 0 Å². The van der Waals surface area contributed by atoms with Crippen molar-refractivity contribution in [3.05, 3.63) is 78.5 Å². The van der Waals surface area contributed by atoms with Crippen LogP contribution in [0.3, 0.4) is 0 Å². The fourth-order valence-electron chi connectivity index (χ4n) is 3.21. The quantitative estimate of drug-likeness (QED) is 0.499. The lowest BCUT2D eigenvalue weighted by molar-refractivity contribution is 0.768. The molecule has 0 aliphatic rings. The van der Waals surface area contributed by atoms with Gasteiger partial charge in [0.05, 0.1) is 10.9 Å². The van der Waals surface area contributed by atoms with Crippen LogP contribution >= 0.6 is 11.3 Å². The summed E-state index contributed by atoms with van der Waals surface area (Å²) in [5.74, 6) is 0. The standard InChI is InChI=1S/C21H17N5S/c1-26-13-18(12-24-26)15-8-17(10-22-9-15)21-25-20-19(27-21)16(11-23-20)7-14-5-3-2-4-6-14/h2-6,8-13,23H,7H2,1H3. The molecule has 132 valence electrons. The van der Waals surface area contributed by atoms with Crippen molar-refractivity contribution in [1.29, 1.82) is 0 Å². The lowest BCUT2D eigenvalue weighted by Gasteiger charge is -2.00. The predicted molar refractivity (Wildman–Crippen MR) is 109 cm³/mol. The van der Waals surface area contributed by atoms with Crippen molar-refractivity contribution in [3.8, 4) is 21.7 Å². The molecule has 1 N–H and O–H groups in total. The average Bonchev–Trinajstić information content (AvgIpc) is 3.40. The molecular formula is C21H17N5S. The molecule has 4 aromatic heterocycles. The number of pyridine rings is 1. The van der Waals surface area contributed by atoms with Crippen LogP contribution in [0.25, 0.3) is 32.0 Å². The number of fused-ring (bicyclic) bond motifs is 1. The van der Waals surface area contributed by atoms with E-state index in [2.05, 4.69) is 51.6 Å². The van der Waals surface area contributed by atoms with E-state index in [1.807, 2.05) is 37.9 Å². The number of aromatic amines is 1. The average molecular weight is 371 g/mol. The van der Waals surface area contributed by atoms with E-state index in [1.54, 1.807) is 16.0 Å². The second kappa shape index (κ2) is 6.48. The van der Waals surface area contributed by atoms with Gasteiger partial charge in [-0.3, -0.25) is 9.67 Å². The molecule has 0 saturated heterocycles. The van der Waals surface area contributed by atoms with Gasteiger partial charge in [-0.15, -0.1) is 11.3 Å². The number of nitrogens with one attached hydrogen (secondary N) is 1. The van der Waals surface area contributed by atoms with Crippen LogP contribution in [0.2, 0.25) is 0 Å². The Morgan fingerprint density at radius 1 is 1.04 bits per heavy atom. The van der Waals surface area contributed by atoms with Gasteiger partial charge in [-0.05, 0) is 17.2 Å². The van der Waals surface area contributed by atoms with E-state index in [1.165, 1.54) is 15.8 Å². The van der Waals surface area contributed by atoms with Gasteiger partial charge in [0.15, 0.2) is 0 Å². The van der Waals surface area contributed by atoms with Crippen molar-refractivity contribution in [3.63, 3.8) is 0 Å². The summed E-state index contributed by atoms with van der Waals surface area (Å²) in [4.78, 5) is 12.5. The summed E-state index contributed by atoms with van der Waals surface area (Å²) in [5.41, 5.74) is 6.64. The number of nitrogens with zero attached hydrogens (tertiary/aromatic N) is 4. The predicted octanol–water partition coefficient (Wildman–Crippen LogP) is 4.68. The molecule has 0 unspecified atom stereocenters. The monoisotopic (exact) mass is 371 g/mol. The molecule has 0 aliphatic heterocycles. The number of benzene rings is 1. The van der Waals surface area contributed by atoms with Crippen LogP contribution in [0.1, 0.15) is 11.1 Å². The molecule has 0 amide bonds. The topological polar surface area (TPSA) is 59.4 Å². The van der Waals surface area contributed by atoms with Crippen LogP contribution in [0.5, 0.6) is 0 Å². The number of H-pyrrole nitrogens is 1. The summed E-state index contributed by atoms with van der Waals surface area (Å²) in [6, 6.07) is 12.6. The maximum atomic E-state index is 4.79. The summed E-state index contributed by atoms with van der Waals surface area (Å²) in [7, 11) is 1.92. The molecule has 27 heavy (non-hydrogen) atoms. The van der Waals surface area contributed by atoms with Crippen LogP contribution in [0.4, 0.5) is 0 Å². The van der Waals surface area contributed by atoms with Gasteiger partial charge in [0.1, 0.15) is 10.7 Å². The number of rotatable bonds is 4. The molecule has 0 saturated carbocycles. The van der Waals surface area contributed by atoms with Gasteiger partial charge >= 0.3 is 0 Å². The van der Waals surface area contributed by atoms with E-state index in [4.69, 9.17) is 4.98 Å². The molecule has 4 heterocycles. The summed E-state index contributed by atoms with van der Waals surface area (Å²) < 4.78 is 3.01. The molecule has 5 rings (SSSR count). The molecule has 0 aliphatic carbocycles. The molecule has 0 fully saturated rings. The van der Waals surface area contributed by atoms with E-state index >= 15 is 0 Å². The highest BCUT2D eigenvalue weighted by atomic mass is 32.1. The van der Waals surface area contributed by atoms with Gasteiger partial charge in [0.2, 0.25) is 0 Å².